The average molecular weight is 297 g/mol. The summed E-state index contributed by atoms with van der Waals surface area (Å²) in [6.07, 6.45) is 3.71. The molecule has 0 saturated carbocycles. The van der Waals surface area contributed by atoms with Crippen LogP contribution in [0.2, 0.25) is 5.02 Å². The van der Waals surface area contributed by atoms with Crippen LogP contribution in [0.4, 0.5) is 8.78 Å². The zero-order chi connectivity index (χ0) is 14.5. The zero-order valence-electron chi connectivity index (χ0n) is 11.0. The summed E-state index contributed by atoms with van der Waals surface area (Å²) in [6, 6.07) is 5.16. The molecule has 2 rings (SSSR count). The molecule has 1 aromatic heterocycles. The first-order valence-corrected chi connectivity index (χ1v) is 6.76. The number of nitrogens with zero attached hydrogens (tertiary/aromatic N) is 1. The van der Waals surface area contributed by atoms with E-state index in [-0.39, 0.29) is 6.04 Å². The van der Waals surface area contributed by atoms with E-state index in [4.69, 9.17) is 11.6 Å². The van der Waals surface area contributed by atoms with Gasteiger partial charge in [-0.1, -0.05) is 24.6 Å². The van der Waals surface area contributed by atoms with E-state index < -0.39 is 11.6 Å². The van der Waals surface area contributed by atoms with Gasteiger partial charge >= 0.3 is 0 Å². The van der Waals surface area contributed by atoms with Gasteiger partial charge in [0.1, 0.15) is 11.6 Å². The van der Waals surface area contributed by atoms with Crippen molar-refractivity contribution < 1.29 is 8.78 Å². The maximum atomic E-state index is 13.9. The van der Waals surface area contributed by atoms with Crippen molar-refractivity contribution in [3.63, 3.8) is 0 Å². The predicted octanol–water partition coefficient (Wildman–Crippen LogP) is 3.91. The van der Waals surface area contributed by atoms with Crippen LogP contribution in [0.1, 0.15) is 24.1 Å². The van der Waals surface area contributed by atoms with Crippen LogP contribution in [0.25, 0.3) is 0 Å². The van der Waals surface area contributed by atoms with E-state index in [9.17, 15) is 8.78 Å². The van der Waals surface area contributed by atoms with Crippen molar-refractivity contribution in [3.8, 4) is 0 Å². The van der Waals surface area contributed by atoms with E-state index in [1.165, 1.54) is 12.1 Å². The highest BCUT2D eigenvalue weighted by molar-refractivity contribution is 6.31. The first-order valence-electron chi connectivity index (χ1n) is 6.38. The second-order valence-electron chi connectivity index (χ2n) is 4.45. The molecule has 1 heterocycles. The second-order valence-corrected chi connectivity index (χ2v) is 4.85. The zero-order valence-corrected chi connectivity index (χ0v) is 11.8. The fraction of sp³-hybridized carbons (Fsp3) is 0.267. The van der Waals surface area contributed by atoms with Crippen LogP contribution in [0.15, 0.2) is 36.7 Å². The van der Waals surface area contributed by atoms with Crippen molar-refractivity contribution in [1.82, 2.24) is 10.3 Å². The molecule has 0 aliphatic heterocycles. The topological polar surface area (TPSA) is 24.9 Å². The molecule has 106 valence electrons. The Morgan fingerprint density at radius 3 is 2.75 bits per heavy atom. The van der Waals surface area contributed by atoms with Crippen LogP contribution < -0.4 is 5.32 Å². The fourth-order valence-electron chi connectivity index (χ4n) is 2.11. The second kappa shape index (κ2) is 6.77. The minimum absolute atomic E-state index is 0.263. The molecule has 2 aromatic rings. The van der Waals surface area contributed by atoms with Gasteiger partial charge in [0.25, 0.3) is 0 Å². The molecule has 2 nitrogen and oxygen atoms in total. The first kappa shape index (κ1) is 14.9. The van der Waals surface area contributed by atoms with Crippen molar-refractivity contribution >= 4 is 11.6 Å². The van der Waals surface area contributed by atoms with Crippen molar-refractivity contribution in [1.29, 1.82) is 0 Å². The molecule has 0 radical (unpaired) electrons. The maximum Gasteiger partial charge on any atom is 0.130 e. The summed E-state index contributed by atoms with van der Waals surface area (Å²) in [4.78, 5) is 3.92. The molecular formula is C15H15ClF2N2. The maximum absolute atomic E-state index is 13.9. The van der Waals surface area contributed by atoms with E-state index in [1.807, 2.05) is 6.92 Å². The number of aromatic nitrogens is 1. The van der Waals surface area contributed by atoms with Crippen LogP contribution in [-0.4, -0.2) is 11.5 Å². The number of nitrogens with one attached hydrogen (secondary N) is 1. The molecule has 0 bridgehead atoms. The van der Waals surface area contributed by atoms with E-state index in [2.05, 4.69) is 10.3 Å². The molecule has 1 atom stereocenters. The van der Waals surface area contributed by atoms with E-state index >= 15 is 0 Å². The Morgan fingerprint density at radius 2 is 2.10 bits per heavy atom. The number of halogens is 3. The molecule has 1 unspecified atom stereocenters. The summed E-state index contributed by atoms with van der Waals surface area (Å²) in [7, 11) is 0. The van der Waals surface area contributed by atoms with Gasteiger partial charge in [-0.05, 0) is 30.7 Å². The number of hydrogen-bond acceptors (Lipinski definition) is 2. The van der Waals surface area contributed by atoms with Gasteiger partial charge in [-0.15, -0.1) is 0 Å². The molecule has 20 heavy (non-hydrogen) atoms. The summed E-state index contributed by atoms with van der Waals surface area (Å²) < 4.78 is 26.9. The Morgan fingerprint density at radius 1 is 1.30 bits per heavy atom. The van der Waals surface area contributed by atoms with Crippen LogP contribution in [0.5, 0.6) is 0 Å². The molecule has 0 saturated heterocycles. The van der Waals surface area contributed by atoms with Crippen LogP contribution >= 0.6 is 11.6 Å². The minimum atomic E-state index is -0.580. The highest BCUT2D eigenvalue weighted by Crippen LogP contribution is 2.25. The van der Waals surface area contributed by atoms with Gasteiger partial charge in [0.2, 0.25) is 0 Å². The number of hydrogen-bond donors (Lipinski definition) is 1. The number of likely N-dealkylation sites (N-methyl/N-ethyl adjacent to an activating group) is 1. The molecule has 1 N–H and O–H groups in total. The smallest absolute Gasteiger partial charge is 0.130 e. The van der Waals surface area contributed by atoms with Crippen LogP contribution in [-0.2, 0) is 6.42 Å². The van der Waals surface area contributed by atoms with Crippen LogP contribution in [0.3, 0.4) is 0 Å². The lowest BCUT2D eigenvalue weighted by molar-refractivity contribution is 0.502. The third kappa shape index (κ3) is 3.52. The summed E-state index contributed by atoms with van der Waals surface area (Å²) in [6.45, 7) is 2.60. The minimum Gasteiger partial charge on any atom is -0.310 e. The van der Waals surface area contributed by atoms with Gasteiger partial charge in [0.15, 0.2) is 0 Å². The van der Waals surface area contributed by atoms with Gasteiger partial charge < -0.3 is 5.32 Å². The SMILES string of the molecule is CCNC(Cc1ccncc1Cl)c1ccc(F)cc1F. The normalized spacial score (nSPS) is 12.4. The Balaban J connectivity index is 2.29. The van der Waals surface area contributed by atoms with Crippen molar-refractivity contribution in [2.24, 2.45) is 0 Å². The number of benzene rings is 1. The standard InChI is InChI=1S/C15H15ClF2N2/c1-2-20-15(7-10-5-6-19-9-13(10)16)12-4-3-11(17)8-14(12)18/h3-6,8-9,15,20H,2,7H2,1H3. The van der Waals surface area contributed by atoms with Gasteiger partial charge in [0.05, 0.1) is 5.02 Å². The summed E-state index contributed by atoms with van der Waals surface area (Å²) >= 11 is 6.08. The molecule has 1 aromatic carbocycles. The highest BCUT2D eigenvalue weighted by atomic mass is 35.5. The summed E-state index contributed by atoms with van der Waals surface area (Å²) in [5.74, 6) is -1.13. The van der Waals surface area contributed by atoms with Crippen molar-refractivity contribution in [2.45, 2.75) is 19.4 Å². The average Bonchev–Trinajstić information content (AvgIpc) is 2.41. The third-order valence-corrected chi connectivity index (χ3v) is 3.41. The molecular weight excluding hydrogens is 282 g/mol. The monoisotopic (exact) mass is 296 g/mol. The van der Waals surface area contributed by atoms with Gasteiger partial charge in [-0.2, -0.15) is 0 Å². The largest absolute Gasteiger partial charge is 0.310 e. The van der Waals surface area contributed by atoms with Gasteiger partial charge in [0, 0.05) is 30.1 Å². The fourth-order valence-corrected chi connectivity index (χ4v) is 2.31. The van der Waals surface area contributed by atoms with E-state index in [1.54, 1.807) is 18.5 Å². The number of rotatable bonds is 5. The molecule has 0 fully saturated rings. The molecule has 0 amide bonds. The lowest BCUT2D eigenvalue weighted by atomic mass is 9.99. The Labute approximate surface area is 121 Å². The van der Waals surface area contributed by atoms with Crippen LogP contribution in [0, 0.1) is 11.6 Å². The quantitative estimate of drug-likeness (QED) is 0.905. The molecule has 0 aliphatic rings. The molecule has 0 spiro atoms. The lowest BCUT2D eigenvalue weighted by Gasteiger charge is -2.19. The lowest BCUT2D eigenvalue weighted by Crippen LogP contribution is -2.24. The Kier molecular flexibility index (Phi) is 5.04. The Hall–Kier alpha value is -1.52. The van der Waals surface area contributed by atoms with E-state index in [0.29, 0.717) is 23.6 Å². The molecule has 0 aliphatic carbocycles. The summed E-state index contributed by atoms with van der Waals surface area (Å²) in [5, 5.41) is 3.73. The third-order valence-electron chi connectivity index (χ3n) is 3.07. The van der Waals surface area contributed by atoms with Crippen molar-refractivity contribution in [2.75, 3.05) is 6.54 Å². The highest BCUT2D eigenvalue weighted by Gasteiger charge is 2.17. The van der Waals surface area contributed by atoms with Gasteiger partial charge in [-0.3, -0.25) is 4.98 Å². The van der Waals surface area contributed by atoms with E-state index in [0.717, 1.165) is 11.6 Å². The predicted molar refractivity (Wildman–Crippen MR) is 75.7 cm³/mol. The summed E-state index contributed by atoms with van der Waals surface area (Å²) in [5.41, 5.74) is 1.30. The van der Waals surface area contributed by atoms with Gasteiger partial charge in [-0.25, -0.2) is 8.78 Å². The molecule has 5 heteroatoms. The van der Waals surface area contributed by atoms with Crippen molar-refractivity contribution in [3.05, 3.63) is 64.4 Å². The first-order chi connectivity index (χ1) is 9.61. The Bertz CT molecular complexity index is 590. The number of pyridine rings is 1.